The van der Waals surface area contributed by atoms with E-state index >= 15 is 0 Å². The van der Waals surface area contributed by atoms with E-state index in [1.54, 1.807) is 23.7 Å². The van der Waals surface area contributed by atoms with Gasteiger partial charge in [-0.15, -0.1) is 11.3 Å². The van der Waals surface area contributed by atoms with E-state index in [9.17, 15) is 31.1 Å². The molecule has 0 spiro atoms. The number of hydrogen-bond acceptors (Lipinski definition) is 13. The molecule has 264 valence electrons. The van der Waals surface area contributed by atoms with Crippen molar-refractivity contribution in [3.63, 3.8) is 0 Å². The molecule has 2 aliphatic heterocycles. The van der Waals surface area contributed by atoms with Gasteiger partial charge in [0.05, 0.1) is 35.5 Å². The highest BCUT2D eigenvalue weighted by Gasteiger charge is 2.39. The first kappa shape index (κ1) is 38.0. The fourth-order valence-electron chi connectivity index (χ4n) is 4.33. The van der Waals surface area contributed by atoms with E-state index in [1.165, 1.54) is 4.88 Å². The normalized spacial score (nSPS) is 15.7. The minimum atomic E-state index is -5.08. The second-order valence-corrected chi connectivity index (χ2v) is 11.2. The van der Waals surface area contributed by atoms with Crippen LogP contribution in [0.1, 0.15) is 10.4 Å². The molecule has 1 amide bonds. The Bertz CT molecular complexity index is 1550. The molecule has 5 heterocycles. The van der Waals surface area contributed by atoms with Gasteiger partial charge in [-0.25, -0.2) is 29.5 Å². The van der Waals surface area contributed by atoms with E-state index in [2.05, 4.69) is 26.7 Å². The smallest absolute Gasteiger partial charge is 0.475 e. The maximum atomic E-state index is 11.9. The van der Waals surface area contributed by atoms with Crippen LogP contribution in [0.3, 0.4) is 0 Å². The number of thiophene rings is 1. The van der Waals surface area contributed by atoms with Crippen molar-refractivity contribution >= 4 is 51.2 Å². The number of nitrogens with zero attached hydrogens (tertiary/aromatic N) is 7. The van der Waals surface area contributed by atoms with Gasteiger partial charge in [0.1, 0.15) is 0 Å². The first-order valence-electron chi connectivity index (χ1n) is 13.9. The van der Waals surface area contributed by atoms with Gasteiger partial charge in [-0.2, -0.15) is 26.3 Å². The van der Waals surface area contributed by atoms with E-state index in [1.807, 2.05) is 4.90 Å². The minimum Gasteiger partial charge on any atom is -0.475 e. The molecule has 0 radical (unpaired) electrons. The topological polar surface area (TPSA) is 214 Å². The number of ether oxygens (including phenoxy) is 1. The number of fused-ring (bicyclic) bond motifs is 1. The number of hydrogen-bond donors (Lipinski definition) is 4. The van der Waals surface area contributed by atoms with Crippen LogP contribution in [0, 0.1) is 6.92 Å². The lowest BCUT2D eigenvalue weighted by atomic mass is 10.2. The highest BCUT2D eigenvalue weighted by atomic mass is 32.1. The molecule has 3 aromatic rings. The van der Waals surface area contributed by atoms with Gasteiger partial charge in [0, 0.05) is 63.1 Å². The number of nitrogen functional groups attached to an aromatic ring is 1. The number of morpholine rings is 1. The van der Waals surface area contributed by atoms with Crippen molar-refractivity contribution < 1.29 is 55.7 Å². The van der Waals surface area contributed by atoms with Crippen LogP contribution in [-0.4, -0.2) is 129 Å². The van der Waals surface area contributed by atoms with Crippen molar-refractivity contribution in [1.29, 1.82) is 0 Å². The quantitative estimate of drug-likeness (QED) is 0.278. The monoisotopic (exact) mass is 711 g/mol. The number of anilines is 2. The van der Waals surface area contributed by atoms with Crippen molar-refractivity contribution in [2.45, 2.75) is 25.8 Å². The lowest BCUT2D eigenvalue weighted by Crippen LogP contribution is -2.49. The molecule has 0 unspecified atom stereocenters. The van der Waals surface area contributed by atoms with Crippen LogP contribution in [0.25, 0.3) is 21.6 Å². The summed E-state index contributed by atoms with van der Waals surface area (Å²) >= 11 is 1.75. The Morgan fingerprint density at radius 1 is 0.917 bits per heavy atom. The SMILES string of the molecule is Cc1c(CN2CCN(C(=O)CN)CC2)sc2c(N3CCOCC3)nc(-c3cnc(N)nc3)nc12.O=C(O)C(F)(F)F.O=C(O)C(F)(F)F. The molecule has 0 aromatic carbocycles. The van der Waals surface area contributed by atoms with Gasteiger partial charge in [0.2, 0.25) is 11.9 Å². The number of rotatable bonds is 5. The molecule has 2 aliphatic rings. The first-order valence-corrected chi connectivity index (χ1v) is 14.7. The largest absolute Gasteiger partial charge is 0.490 e. The third-order valence-corrected chi connectivity index (χ3v) is 8.10. The molecule has 0 saturated carbocycles. The summed E-state index contributed by atoms with van der Waals surface area (Å²) in [4.78, 5) is 55.6. The van der Waals surface area contributed by atoms with E-state index < -0.39 is 24.3 Å². The molecule has 48 heavy (non-hydrogen) atoms. The Kier molecular flexibility index (Phi) is 12.8. The zero-order valence-electron chi connectivity index (χ0n) is 25.2. The summed E-state index contributed by atoms with van der Waals surface area (Å²) in [5.41, 5.74) is 14.1. The van der Waals surface area contributed by atoms with Crippen LogP contribution in [0.5, 0.6) is 0 Å². The van der Waals surface area contributed by atoms with E-state index in [0.717, 1.165) is 59.9 Å². The summed E-state index contributed by atoms with van der Waals surface area (Å²) in [6.07, 6.45) is -6.84. The Hall–Kier alpha value is -4.41. The molecule has 2 saturated heterocycles. The van der Waals surface area contributed by atoms with Gasteiger partial charge < -0.3 is 36.2 Å². The number of amides is 1. The average molecular weight is 712 g/mol. The Labute approximate surface area is 272 Å². The van der Waals surface area contributed by atoms with Crippen molar-refractivity contribution in [2.75, 3.05) is 69.7 Å². The summed E-state index contributed by atoms with van der Waals surface area (Å²) in [6, 6.07) is 0. The molecule has 6 N–H and O–H groups in total. The molecule has 3 aromatic heterocycles. The standard InChI is InChI=1S/C22H29N9O2S.2C2HF3O2/c1-14-16(13-29-2-4-30(5-3-29)17(32)10-23)34-19-18(14)27-20(15-11-25-22(24)26-12-15)28-21(19)31-6-8-33-9-7-31;2*3-2(4,5)1(6)7/h11-12H,2-10,13,23H2,1H3,(H2,24,25,26);2*(H,6,7). The van der Waals surface area contributed by atoms with E-state index in [-0.39, 0.29) is 18.4 Å². The van der Waals surface area contributed by atoms with Crippen LogP contribution in [-0.2, 0) is 25.7 Å². The molecular formula is C26H31F6N9O6S. The number of carboxylic acid groups (broad SMARTS) is 2. The third-order valence-electron chi connectivity index (χ3n) is 6.84. The zero-order chi connectivity index (χ0) is 35.8. The van der Waals surface area contributed by atoms with Crippen LogP contribution in [0.2, 0.25) is 0 Å². The predicted molar refractivity (Wildman–Crippen MR) is 159 cm³/mol. The number of carbonyl (C=O) groups excluding carboxylic acids is 1. The van der Waals surface area contributed by atoms with Gasteiger partial charge in [0.25, 0.3) is 0 Å². The number of carboxylic acids is 2. The lowest BCUT2D eigenvalue weighted by molar-refractivity contribution is -0.193. The van der Waals surface area contributed by atoms with Gasteiger partial charge in [0.15, 0.2) is 11.6 Å². The lowest BCUT2D eigenvalue weighted by Gasteiger charge is -2.34. The van der Waals surface area contributed by atoms with Gasteiger partial charge in [-0.1, -0.05) is 0 Å². The summed E-state index contributed by atoms with van der Waals surface area (Å²) < 4.78 is 70.1. The number of piperazine rings is 1. The molecule has 0 aliphatic carbocycles. The van der Waals surface area contributed by atoms with Crippen LogP contribution >= 0.6 is 11.3 Å². The summed E-state index contributed by atoms with van der Waals surface area (Å²) in [5, 5.41) is 14.2. The van der Waals surface area contributed by atoms with E-state index in [4.69, 9.17) is 46.0 Å². The van der Waals surface area contributed by atoms with Crippen molar-refractivity contribution in [3.05, 3.63) is 22.8 Å². The number of aliphatic carboxylic acids is 2. The fraction of sp³-hybridized carbons (Fsp3) is 0.500. The molecule has 2 fully saturated rings. The molecule has 0 bridgehead atoms. The molecular weight excluding hydrogens is 680 g/mol. The maximum Gasteiger partial charge on any atom is 0.490 e. The Balaban J connectivity index is 0.000000376. The molecule has 15 nitrogen and oxygen atoms in total. The van der Waals surface area contributed by atoms with Gasteiger partial charge in [-0.05, 0) is 12.5 Å². The Morgan fingerprint density at radius 3 is 1.92 bits per heavy atom. The predicted octanol–water partition coefficient (Wildman–Crippen LogP) is 1.75. The van der Waals surface area contributed by atoms with Crippen molar-refractivity contribution in [2.24, 2.45) is 5.73 Å². The second kappa shape index (κ2) is 16.1. The second-order valence-electron chi connectivity index (χ2n) is 10.1. The number of carbonyl (C=O) groups is 3. The summed E-state index contributed by atoms with van der Waals surface area (Å²) in [5.74, 6) is -3.75. The highest BCUT2D eigenvalue weighted by Crippen LogP contribution is 2.38. The molecule has 22 heteroatoms. The van der Waals surface area contributed by atoms with Crippen LogP contribution in [0.4, 0.5) is 38.1 Å². The number of halogens is 6. The number of aryl methyl sites for hydroxylation is 1. The number of alkyl halides is 6. The fourth-order valence-corrected chi connectivity index (χ4v) is 5.63. The number of nitrogens with two attached hydrogens (primary N) is 2. The van der Waals surface area contributed by atoms with Crippen LogP contribution < -0.4 is 16.4 Å². The Morgan fingerprint density at radius 2 is 1.44 bits per heavy atom. The third kappa shape index (κ3) is 10.3. The van der Waals surface area contributed by atoms with Crippen LogP contribution in [0.15, 0.2) is 12.4 Å². The first-order chi connectivity index (χ1) is 22.4. The number of aromatic nitrogens is 4. The zero-order valence-corrected chi connectivity index (χ0v) is 26.0. The summed E-state index contributed by atoms with van der Waals surface area (Å²) in [7, 11) is 0. The van der Waals surface area contributed by atoms with Crippen molar-refractivity contribution in [1.82, 2.24) is 29.7 Å². The van der Waals surface area contributed by atoms with Crippen molar-refractivity contribution in [3.8, 4) is 11.4 Å². The molecule has 5 rings (SSSR count). The minimum absolute atomic E-state index is 0.0160. The highest BCUT2D eigenvalue weighted by molar-refractivity contribution is 7.19. The average Bonchev–Trinajstić information content (AvgIpc) is 3.35. The van der Waals surface area contributed by atoms with Gasteiger partial charge >= 0.3 is 24.3 Å². The molecule has 0 atom stereocenters. The maximum absolute atomic E-state index is 11.9. The van der Waals surface area contributed by atoms with E-state index in [0.29, 0.717) is 32.1 Å². The summed E-state index contributed by atoms with van der Waals surface area (Å²) in [6.45, 7) is 9.01. The van der Waals surface area contributed by atoms with Gasteiger partial charge in [-0.3, -0.25) is 9.69 Å².